The van der Waals surface area contributed by atoms with Gasteiger partial charge in [0.25, 0.3) is 0 Å². The molecule has 0 fully saturated rings. The number of aromatic nitrogens is 2. The van der Waals surface area contributed by atoms with Gasteiger partial charge in [-0.15, -0.1) is 0 Å². The molecule has 3 aromatic rings. The Morgan fingerprint density at radius 3 is 2.70 bits per heavy atom. The topological polar surface area (TPSA) is 58.2 Å². The smallest absolute Gasteiger partial charge is 0.197 e. The number of H-pyrrole nitrogens is 1. The van der Waals surface area contributed by atoms with Crippen LogP contribution < -0.4 is 9.64 Å². The number of aromatic amines is 1. The molecule has 0 saturated heterocycles. The number of para-hydroxylation sites is 1. The van der Waals surface area contributed by atoms with Gasteiger partial charge in [0, 0.05) is 24.8 Å². The van der Waals surface area contributed by atoms with Gasteiger partial charge in [-0.05, 0) is 36.6 Å². The van der Waals surface area contributed by atoms with Gasteiger partial charge < -0.3 is 14.6 Å². The van der Waals surface area contributed by atoms with E-state index in [1.165, 1.54) is 0 Å². The summed E-state index contributed by atoms with van der Waals surface area (Å²) in [6, 6.07) is 13.8. The first kappa shape index (κ1) is 19.4. The fourth-order valence-electron chi connectivity index (χ4n) is 3.19. The van der Waals surface area contributed by atoms with Crippen LogP contribution in [0.5, 0.6) is 5.75 Å². The maximum absolute atomic E-state index is 13.0. The number of rotatable bonds is 8. The largest absolute Gasteiger partial charge is 0.497 e. The van der Waals surface area contributed by atoms with Crippen molar-refractivity contribution in [1.29, 1.82) is 0 Å². The molecule has 0 saturated carbocycles. The van der Waals surface area contributed by atoms with Gasteiger partial charge in [0.15, 0.2) is 5.16 Å². The highest BCUT2D eigenvalue weighted by atomic mass is 32.2. The molecule has 144 valence electrons. The van der Waals surface area contributed by atoms with Gasteiger partial charge in [-0.25, -0.2) is 4.98 Å². The first-order valence-corrected chi connectivity index (χ1v) is 10.6. The van der Waals surface area contributed by atoms with Gasteiger partial charge >= 0.3 is 0 Å². The SMILES string of the molecule is CCN(CC(C)C)c1ccccc1CS(=O)c1nc2ccc(OC)cc2[nH]1. The Morgan fingerprint density at radius 1 is 1.22 bits per heavy atom. The molecule has 0 bridgehead atoms. The Bertz CT molecular complexity index is 936. The van der Waals surface area contributed by atoms with Crippen LogP contribution in [0.2, 0.25) is 0 Å². The lowest BCUT2D eigenvalue weighted by atomic mass is 10.1. The Hall–Kier alpha value is -2.34. The van der Waals surface area contributed by atoms with Gasteiger partial charge in [-0.1, -0.05) is 32.0 Å². The van der Waals surface area contributed by atoms with Gasteiger partial charge in [-0.2, -0.15) is 0 Å². The molecule has 1 heterocycles. The molecule has 1 atom stereocenters. The molecule has 27 heavy (non-hydrogen) atoms. The van der Waals surface area contributed by atoms with E-state index in [9.17, 15) is 4.21 Å². The normalized spacial score (nSPS) is 12.5. The van der Waals surface area contributed by atoms with Crippen LogP contribution in [0.15, 0.2) is 47.6 Å². The van der Waals surface area contributed by atoms with Crippen LogP contribution in [0.1, 0.15) is 26.3 Å². The van der Waals surface area contributed by atoms with Crippen molar-refractivity contribution in [3.8, 4) is 5.75 Å². The predicted molar refractivity (Wildman–Crippen MR) is 112 cm³/mol. The van der Waals surface area contributed by atoms with Crippen LogP contribution in [0, 0.1) is 5.92 Å². The lowest BCUT2D eigenvalue weighted by molar-refractivity contribution is 0.415. The van der Waals surface area contributed by atoms with Crippen molar-refractivity contribution >= 4 is 27.5 Å². The summed E-state index contributed by atoms with van der Waals surface area (Å²) in [6.07, 6.45) is 0. The number of methoxy groups -OCH3 is 1. The molecule has 0 aliphatic heterocycles. The van der Waals surface area contributed by atoms with E-state index in [1.54, 1.807) is 7.11 Å². The van der Waals surface area contributed by atoms with Gasteiger partial charge in [0.1, 0.15) is 5.75 Å². The van der Waals surface area contributed by atoms with E-state index in [2.05, 4.69) is 47.8 Å². The van der Waals surface area contributed by atoms with E-state index in [1.807, 2.05) is 30.3 Å². The minimum atomic E-state index is -1.25. The summed E-state index contributed by atoms with van der Waals surface area (Å²) in [5.41, 5.74) is 3.86. The van der Waals surface area contributed by atoms with Crippen LogP contribution in [0.25, 0.3) is 11.0 Å². The Morgan fingerprint density at radius 2 is 2.00 bits per heavy atom. The summed E-state index contributed by atoms with van der Waals surface area (Å²) in [5.74, 6) is 1.75. The molecule has 2 aromatic carbocycles. The second-order valence-electron chi connectivity index (χ2n) is 6.98. The van der Waals surface area contributed by atoms with Crippen molar-refractivity contribution in [2.24, 2.45) is 5.92 Å². The summed E-state index contributed by atoms with van der Waals surface area (Å²) in [5, 5.41) is 0.500. The van der Waals surface area contributed by atoms with Crippen molar-refractivity contribution in [1.82, 2.24) is 9.97 Å². The van der Waals surface area contributed by atoms with Crippen molar-refractivity contribution in [3.05, 3.63) is 48.0 Å². The van der Waals surface area contributed by atoms with Gasteiger partial charge in [-0.3, -0.25) is 4.21 Å². The molecule has 0 amide bonds. The molecule has 3 rings (SSSR count). The molecular weight excluding hydrogens is 358 g/mol. The first-order chi connectivity index (χ1) is 13.0. The molecule has 1 aromatic heterocycles. The van der Waals surface area contributed by atoms with Crippen molar-refractivity contribution in [2.45, 2.75) is 31.7 Å². The van der Waals surface area contributed by atoms with Crippen LogP contribution in [-0.2, 0) is 16.6 Å². The first-order valence-electron chi connectivity index (χ1n) is 9.26. The van der Waals surface area contributed by atoms with Crippen molar-refractivity contribution < 1.29 is 8.95 Å². The van der Waals surface area contributed by atoms with Gasteiger partial charge in [0.2, 0.25) is 0 Å². The Kier molecular flexibility index (Phi) is 6.16. The quantitative estimate of drug-likeness (QED) is 0.626. The molecule has 0 spiro atoms. The zero-order valence-corrected chi connectivity index (χ0v) is 17.2. The number of ether oxygens (including phenoxy) is 1. The third-order valence-electron chi connectivity index (χ3n) is 4.47. The van der Waals surface area contributed by atoms with E-state index in [0.29, 0.717) is 16.8 Å². The van der Waals surface area contributed by atoms with Gasteiger partial charge in [0.05, 0.1) is 34.7 Å². The number of hydrogen-bond donors (Lipinski definition) is 1. The number of hydrogen-bond acceptors (Lipinski definition) is 4. The van der Waals surface area contributed by atoms with E-state index < -0.39 is 10.8 Å². The summed E-state index contributed by atoms with van der Waals surface area (Å²) in [4.78, 5) is 10.0. The number of nitrogens with zero attached hydrogens (tertiary/aromatic N) is 2. The monoisotopic (exact) mass is 385 g/mol. The predicted octanol–water partition coefficient (Wildman–Crippen LogP) is 4.36. The summed E-state index contributed by atoms with van der Waals surface area (Å²) in [6.45, 7) is 8.48. The third kappa shape index (κ3) is 4.50. The Labute approximate surface area is 163 Å². The maximum Gasteiger partial charge on any atom is 0.197 e. The zero-order valence-electron chi connectivity index (χ0n) is 16.4. The van der Waals surface area contributed by atoms with Crippen LogP contribution in [0.3, 0.4) is 0 Å². The molecule has 6 heteroatoms. The van der Waals surface area contributed by atoms with Crippen molar-refractivity contribution in [3.63, 3.8) is 0 Å². The van der Waals surface area contributed by atoms with Crippen molar-refractivity contribution in [2.75, 3.05) is 25.1 Å². The number of fused-ring (bicyclic) bond motifs is 1. The highest BCUT2D eigenvalue weighted by molar-refractivity contribution is 7.84. The Balaban J connectivity index is 1.86. The lowest BCUT2D eigenvalue weighted by Crippen LogP contribution is -2.28. The van der Waals surface area contributed by atoms with Crippen LogP contribution in [0.4, 0.5) is 5.69 Å². The number of imidazole rings is 1. The molecule has 0 radical (unpaired) electrons. The standard InChI is InChI=1S/C21H27N3O2S/c1-5-24(13-15(2)3)20-9-7-6-8-16(20)14-27(25)21-22-18-11-10-17(26-4)12-19(18)23-21/h6-12,15H,5,13-14H2,1-4H3,(H,22,23). The number of anilines is 1. The summed E-state index contributed by atoms with van der Waals surface area (Å²) in [7, 11) is 0.378. The van der Waals surface area contributed by atoms with E-state index in [0.717, 1.165) is 41.1 Å². The molecule has 1 unspecified atom stereocenters. The zero-order chi connectivity index (χ0) is 19.4. The fourth-order valence-corrected chi connectivity index (χ4v) is 4.28. The maximum atomic E-state index is 13.0. The fraction of sp³-hybridized carbons (Fsp3) is 0.381. The minimum absolute atomic E-state index is 0.432. The third-order valence-corrected chi connectivity index (χ3v) is 5.67. The minimum Gasteiger partial charge on any atom is -0.497 e. The average molecular weight is 386 g/mol. The number of benzene rings is 2. The lowest BCUT2D eigenvalue weighted by Gasteiger charge is -2.27. The van der Waals surface area contributed by atoms with E-state index in [4.69, 9.17) is 4.74 Å². The molecule has 1 N–H and O–H groups in total. The second kappa shape index (κ2) is 8.57. The second-order valence-corrected chi connectivity index (χ2v) is 8.34. The summed E-state index contributed by atoms with van der Waals surface area (Å²) < 4.78 is 18.2. The molecule has 5 nitrogen and oxygen atoms in total. The molecule has 0 aliphatic carbocycles. The summed E-state index contributed by atoms with van der Waals surface area (Å²) >= 11 is 0. The van der Waals surface area contributed by atoms with Crippen LogP contribution in [-0.4, -0.2) is 34.4 Å². The average Bonchev–Trinajstić information content (AvgIpc) is 3.10. The molecular formula is C21H27N3O2S. The van der Waals surface area contributed by atoms with E-state index in [-0.39, 0.29) is 0 Å². The highest BCUT2D eigenvalue weighted by Gasteiger charge is 2.16. The van der Waals surface area contributed by atoms with E-state index >= 15 is 0 Å². The molecule has 0 aliphatic rings. The van der Waals surface area contributed by atoms with Crippen LogP contribution >= 0.6 is 0 Å². The highest BCUT2D eigenvalue weighted by Crippen LogP contribution is 2.25. The number of nitrogens with one attached hydrogen (secondary N) is 1.